The van der Waals surface area contributed by atoms with E-state index in [1.807, 2.05) is 25.8 Å². The van der Waals surface area contributed by atoms with E-state index in [9.17, 15) is 5.11 Å². The summed E-state index contributed by atoms with van der Waals surface area (Å²) < 4.78 is 5.80. The Bertz CT molecular complexity index is 371. The van der Waals surface area contributed by atoms with Gasteiger partial charge in [-0.3, -0.25) is 0 Å². The number of nitrogens with zero attached hydrogens (tertiary/aromatic N) is 3. The fourth-order valence-electron chi connectivity index (χ4n) is 1.02. The van der Waals surface area contributed by atoms with E-state index in [4.69, 9.17) is 4.74 Å². The second-order valence-corrected chi connectivity index (χ2v) is 4.91. The zero-order valence-electron chi connectivity index (χ0n) is 9.86. The quantitative estimate of drug-likeness (QED) is 0.909. The van der Waals surface area contributed by atoms with Gasteiger partial charge in [-0.05, 0) is 29.8 Å². The molecule has 0 amide bonds. The van der Waals surface area contributed by atoms with Gasteiger partial charge in [-0.1, -0.05) is 0 Å². The Labute approximate surface area is 104 Å². The number of aromatic nitrogens is 2. The fraction of sp³-hybridized carbons (Fsp3) is 0.600. The average molecular weight is 290 g/mol. The molecule has 0 fully saturated rings. The van der Waals surface area contributed by atoms with Crippen LogP contribution in [-0.4, -0.2) is 41.4 Å². The topological polar surface area (TPSA) is 58.5 Å². The van der Waals surface area contributed by atoms with Crippen LogP contribution in [0.25, 0.3) is 0 Å². The van der Waals surface area contributed by atoms with Crippen LogP contribution in [0, 0.1) is 0 Å². The molecule has 90 valence electrons. The second-order valence-electron chi connectivity index (χ2n) is 4.06. The number of hydrogen-bond donors (Lipinski definition) is 1. The molecule has 5 nitrogen and oxygen atoms in total. The summed E-state index contributed by atoms with van der Waals surface area (Å²) in [6.07, 6.45) is 1.63. The Morgan fingerprint density at radius 1 is 1.56 bits per heavy atom. The molecule has 0 unspecified atom stereocenters. The summed E-state index contributed by atoms with van der Waals surface area (Å²) in [6.45, 7) is 3.83. The molecule has 1 N–H and O–H groups in total. The molecule has 0 saturated heterocycles. The van der Waals surface area contributed by atoms with E-state index >= 15 is 0 Å². The number of hydrogen-bond acceptors (Lipinski definition) is 5. The smallest absolute Gasteiger partial charge is 0.232 e. The Hall–Kier alpha value is -0.880. The molecular weight excluding hydrogens is 274 g/mol. The lowest BCUT2D eigenvalue weighted by molar-refractivity contribution is 0.215. The number of methoxy groups -OCH3 is 1. The summed E-state index contributed by atoms with van der Waals surface area (Å²) in [5.74, 6) is 0.990. The summed E-state index contributed by atoms with van der Waals surface area (Å²) in [7, 11) is 3.38. The van der Waals surface area contributed by atoms with E-state index in [0.717, 1.165) is 0 Å². The minimum absolute atomic E-state index is 0.0191. The fourth-order valence-corrected chi connectivity index (χ4v) is 1.38. The number of halogens is 1. The second kappa shape index (κ2) is 4.97. The monoisotopic (exact) mass is 289 g/mol. The predicted octanol–water partition coefficient (Wildman–Crippen LogP) is 1.45. The van der Waals surface area contributed by atoms with Crippen LogP contribution in [0.3, 0.4) is 0 Å². The van der Waals surface area contributed by atoms with Crippen molar-refractivity contribution in [2.24, 2.45) is 0 Å². The Morgan fingerprint density at radius 3 is 2.69 bits per heavy atom. The van der Waals surface area contributed by atoms with Crippen LogP contribution < -0.4 is 9.64 Å². The van der Waals surface area contributed by atoms with E-state index in [-0.39, 0.29) is 6.61 Å². The number of ether oxygens (including phenoxy) is 1. The molecule has 1 rings (SSSR count). The molecule has 0 aliphatic heterocycles. The number of aliphatic hydroxyl groups is 1. The van der Waals surface area contributed by atoms with Gasteiger partial charge in [-0.2, -0.15) is 4.98 Å². The number of aliphatic hydroxyl groups excluding tert-OH is 1. The third-order valence-electron chi connectivity index (χ3n) is 2.49. The lowest BCUT2D eigenvalue weighted by atomic mass is 10.1. The molecule has 1 aromatic rings. The molecular formula is C10H16BrN3O2. The van der Waals surface area contributed by atoms with E-state index in [1.54, 1.807) is 13.3 Å². The highest BCUT2D eigenvalue weighted by Crippen LogP contribution is 2.25. The maximum atomic E-state index is 9.27. The van der Waals surface area contributed by atoms with Crippen LogP contribution >= 0.6 is 15.9 Å². The molecule has 0 aromatic carbocycles. The first-order valence-electron chi connectivity index (χ1n) is 4.83. The molecule has 0 spiro atoms. The summed E-state index contributed by atoms with van der Waals surface area (Å²) in [6, 6.07) is 0. The normalized spacial score (nSPS) is 11.4. The molecule has 0 bridgehead atoms. The van der Waals surface area contributed by atoms with E-state index < -0.39 is 5.54 Å². The van der Waals surface area contributed by atoms with Crippen molar-refractivity contribution in [2.45, 2.75) is 19.4 Å². The molecule has 6 heteroatoms. The van der Waals surface area contributed by atoms with Gasteiger partial charge in [0.1, 0.15) is 0 Å². The molecule has 16 heavy (non-hydrogen) atoms. The highest BCUT2D eigenvalue weighted by Gasteiger charge is 2.25. The zero-order chi connectivity index (χ0) is 12.3. The van der Waals surface area contributed by atoms with Crippen LogP contribution in [-0.2, 0) is 0 Å². The van der Waals surface area contributed by atoms with E-state index in [1.165, 1.54) is 0 Å². The largest absolute Gasteiger partial charge is 0.480 e. The van der Waals surface area contributed by atoms with Crippen molar-refractivity contribution in [3.05, 3.63) is 10.7 Å². The first kappa shape index (κ1) is 13.2. The first-order valence-corrected chi connectivity index (χ1v) is 5.63. The van der Waals surface area contributed by atoms with Crippen molar-refractivity contribution in [1.29, 1.82) is 0 Å². The van der Waals surface area contributed by atoms with Crippen molar-refractivity contribution in [2.75, 3.05) is 25.7 Å². The van der Waals surface area contributed by atoms with Crippen LogP contribution in [0.2, 0.25) is 0 Å². The summed E-state index contributed by atoms with van der Waals surface area (Å²) >= 11 is 3.29. The number of rotatable bonds is 4. The predicted molar refractivity (Wildman–Crippen MR) is 65.9 cm³/mol. The highest BCUT2D eigenvalue weighted by atomic mass is 79.9. The Morgan fingerprint density at radius 2 is 2.19 bits per heavy atom. The summed E-state index contributed by atoms with van der Waals surface area (Å²) in [5.41, 5.74) is -0.418. The standard InChI is InChI=1S/C10H16BrN3O2/c1-10(2,6-15)14(3)9-12-5-7(11)8(13-9)16-4/h5,15H,6H2,1-4H3. The third kappa shape index (κ3) is 2.62. The summed E-state index contributed by atoms with van der Waals surface area (Å²) in [5, 5.41) is 9.27. The molecule has 0 aliphatic carbocycles. The van der Waals surface area contributed by atoms with Crippen LogP contribution in [0.15, 0.2) is 10.7 Å². The molecule has 0 atom stereocenters. The van der Waals surface area contributed by atoms with Crippen molar-refractivity contribution in [1.82, 2.24) is 9.97 Å². The van der Waals surface area contributed by atoms with Crippen molar-refractivity contribution < 1.29 is 9.84 Å². The SMILES string of the molecule is COc1nc(N(C)C(C)(C)CO)ncc1Br. The number of anilines is 1. The van der Waals surface area contributed by atoms with Gasteiger partial charge in [0.05, 0.1) is 29.9 Å². The summed E-state index contributed by atoms with van der Waals surface area (Å²) in [4.78, 5) is 10.2. The van der Waals surface area contributed by atoms with Gasteiger partial charge in [0.25, 0.3) is 0 Å². The minimum atomic E-state index is -0.418. The first-order chi connectivity index (χ1) is 7.42. The minimum Gasteiger partial charge on any atom is -0.480 e. The van der Waals surface area contributed by atoms with E-state index in [2.05, 4.69) is 25.9 Å². The third-order valence-corrected chi connectivity index (χ3v) is 3.03. The maximum Gasteiger partial charge on any atom is 0.232 e. The van der Waals surface area contributed by atoms with Gasteiger partial charge >= 0.3 is 0 Å². The molecule has 0 radical (unpaired) electrons. The van der Waals surface area contributed by atoms with Crippen molar-refractivity contribution >= 4 is 21.9 Å². The van der Waals surface area contributed by atoms with Gasteiger partial charge in [0.15, 0.2) is 0 Å². The average Bonchev–Trinajstić information content (AvgIpc) is 2.28. The molecule has 1 heterocycles. The van der Waals surface area contributed by atoms with Crippen molar-refractivity contribution in [3.8, 4) is 5.88 Å². The van der Waals surface area contributed by atoms with Gasteiger partial charge in [-0.25, -0.2) is 4.98 Å². The maximum absolute atomic E-state index is 9.27. The van der Waals surface area contributed by atoms with Gasteiger partial charge in [0, 0.05) is 7.05 Å². The van der Waals surface area contributed by atoms with Crippen LogP contribution in [0.4, 0.5) is 5.95 Å². The van der Waals surface area contributed by atoms with Gasteiger partial charge in [-0.15, -0.1) is 0 Å². The Balaban J connectivity index is 3.05. The van der Waals surface area contributed by atoms with Crippen LogP contribution in [0.1, 0.15) is 13.8 Å². The molecule has 0 saturated carbocycles. The van der Waals surface area contributed by atoms with Gasteiger partial charge < -0.3 is 14.7 Å². The number of likely N-dealkylation sites (N-methyl/N-ethyl adjacent to an activating group) is 1. The molecule has 1 aromatic heterocycles. The zero-order valence-corrected chi connectivity index (χ0v) is 11.4. The highest BCUT2D eigenvalue weighted by molar-refractivity contribution is 9.10. The lowest BCUT2D eigenvalue weighted by Gasteiger charge is -2.33. The van der Waals surface area contributed by atoms with Crippen LogP contribution in [0.5, 0.6) is 5.88 Å². The Kier molecular flexibility index (Phi) is 4.09. The van der Waals surface area contributed by atoms with E-state index in [0.29, 0.717) is 16.3 Å². The molecule has 0 aliphatic rings. The van der Waals surface area contributed by atoms with Gasteiger partial charge in [0.2, 0.25) is 11.8 Å². The lowest BCUT2D eigenvalue weighted by Crippen LogP contribution is -2.45. The van der Waals surface area contributed by atoms with Crippen molar-refractivity contribution in [3.63, 3.8) is 0 Å².